The number of piperazine rings is 1. The average Bonchev–Trinajstić information content (AvgIpc) is 3.00. The summed E-state index contributed by atoms with van der Waals surface area (Å²) >= 11 is 0. The van der Waals surface area contributed by atoms with Crippen LogP contribution in [0.2, 0.25) is 0 Å². The van der Waals surface area contributed by atoms with E-state index in [4.69, 9.17) is 0 Å². The number of aromatic hydroxyl groups is 1. The van der Waals surface area contributed by atoms with Crippen molar-refractivity contribution in [3.63, 3.8) is 0 Å². The smallest absolute Gasteiger partial charge is 0.334 e. The summed E-state index contributed by atoms with van der Waals surface area (Å²) in [6, 6.07) is 21.2. The van der Waals surface area contributed by atoms with E-state index in [0.717, 1.165) is 16.7 Å². The van der Waals surface area contributed by atoms with Crippen LogP contribution in [-0.2, 0) is 39.8 Å². The van der Waals surface area contributed by atoms with Gasteiger partial charge in [-0.25, -0.2) is 14.8 Å². The topological polar surface area (TPSA) is 154 Å². The van der Waals surface area contributed by atoms with Crippen molar-refractivity contribution in [2.75, 3.05) is 19.6 Å². The number of phenols is 1. The molecule has 4 amide bonds. The highest BCUT2D eigenvalue weighted by atomic mass is 31.2. The van der Waals surface area contributed by atoms with E-state index in [1.807, 2.05) is 30.3 Å². The lowest BCUT2D eigenvalue weighted by Gasteiger charge is -2.55. The molecular formula is C32H36N5O7P. The number of nitrogens with one attached hydrogen (secondary N) is 1. The Morgan fingerprint density at radius 1 is 0.933 bits per heavy atom. The fourth-order valence-corrected chi connectivity index (χ4v) is 6.45. The second kappa shape index (κ2) is 13.7. The van der Waals surface area contributed by atoms with Crippen molar-refractivity contribution >= 4 is 25.4 Å². The van der Waals surface area contributed by atoms with Gasteiger partial charge in [-0.15, -0.1) is 6.58 Å². The Bertz CT molecular complexity index is 1580. The molecule has 2 heterocycles. The lowest BCUT2D eigenvalue weighted by Crippen LogP contribution is -2.76. The summed E-state index contributed by atoms with van der Waals surface area (Å²) in [5, 5.41) is 15.9. The lowest BCUT2D eigenvalue weighted by molar-refractivity contribution is -0.189. The number of carbonyl (C=O) groups is 3. The first-order valence-corrected chi connectivity index (χ1v) is 16.3. The van der Waals surface area contributed by atoms with Gasteiger partial charge in [0.2, 0.25) is 11.8 Å². The van der Waals surface area contributed by atoms with Gasteiger partial charge in [0.05, 0.1) is 19.3 Å². The Labute approximate surface area is 261 Å². The standard InChI is InChI=1S/C32H36N5O7P/c1-2-16-35-21-30(39)36-28(17-23-12-14-27(38)15-13-23)31(40)34(19-25-8-10-26(11-9-25)22-45(42,43)44)20-29(36)37(35)32(41)33-18-24-6-4-3-5-7-24/h2-15,28-29,38H,1,16-22H2,(H,33,41)(H2,42,43,44). The number of rotatable bonds is 10. The molecule has 2 aliphatic heterocycles. The molecule has 0 radical (unpaired) electrons. The van der Waals surface area contributed by atoms with Crippen LogP contribution in [0.4, 0.5) is 4.79 Å². The number of hydrogen-bond acceptors (Lipinski definition) is 6. The van der Waals surface area contributed by atoms with Crippen LogP contribution in [0.25, 0.3) is 0 Å². The Hall–Kier alpha value is -4.48. The summed E-state index contributed by atoms with van der Waals surface area (Å²) in [5.41, 5.74) is 2.82. The molecule has 0 bridgehead atoms. The zero-order valence-corrected chi connectivity index (χ0v) is 25.5. The third kappa shape index (κ3) is 7.79. The highest BCUT2D eigenvalue weighted by Crippen LogP contribution is 2.39. The average molecular weight is 634 g/mol. The number of amides is 4. The van der Waals surface area contributed by atoms with E-state index in [0.29, 0.717) is 5.56 Å². The van der Waals surface area contributed by atoms with Gasteiger partial charge in [-0.05, 0) is 34.4 Å². The molecular weight excluding hydrogens is 597 g/mol. The molecule has 2 fully saturated rings. The summed E-state index contributed by atoms with van der Waals surface area (Å²) in [7, 11) is -4.24. The number of phenolic OH excluding ortho intramolecular Hbond substituents is 1. The van der Waals surface area contributed by atoms with E-state index in [-0.39, 0.29) is 56.7 Å². The van der Waals surface area contributed by atoms with E-state index >= 15 is 0 Å². The number of nitrogens with zero attached hydrogens (tertiary/aromatic N) is 4. The quantitative estimate of drug-likeness (QED) is 0.196. The van der Waals surface area contributed by atoms with E-state index in [9.17, 15) is 33.8 Å². The Morgan fingerprint density at radius 2 is 1.58 bits per heavy atom. The van der Waals surface area contributed by atoms with Crippen molar-refractivity contribution in [2.24, 2.45) is 0 Å². The van der Waals surface area contributed by atoms with Crippen molar-refractivity contribution in [3.05, 3.63) is 114 Å². The monoisotopic (exact) mass is 633 g/mol. The highest BCUT2D eigenvalue weighted by molar-refractivity contribution is 7.50. The van der Waals surface area contributed by atoms with Gasteiger partial charge < -0.3 is 30.0 Å². The molecule has 3 aromatic carbocycles. The molecule has 12 nitrogen and oxygen atoms in total. The third-order valence-electron chi connectivity index (χ3n) is 7.81. The first kappa shape index (κ1) is 31.9. The molecule has 236 valence electrons. The van der Waals surface area contributed by atoms with Crippen LogP contribution in [0.1, 0.15) is 22.3 Å². The van der Waals surface area contributed by atoms with Gasteiger partial charge in [0.1, 0.15) is 18.0 Å². The summed E-state index contributed by atoms with van der Waals surface area (Å²) < 4.78 is 11.4. The van der Waals surface area contributed by atoms with Crippen molar-refractivity contribution in [2.45, 2.75) is 37.9 Å². The molecule has 2 aliphatic rings. The second-order valence-electron chi connectivity index (χ2n) is 11.2. The summed E-state index contributed by atoms with van der Waals surface area (Å²) in [6.45, 7) is 4.36. The zero-order valence-electron chi connectivity index (χ0n) is 24.6. The Morgan fingerprint density at radius 3 is 2.22 bits per heavy atom. The van der Waals surface area contributed by atoms with Crippen LogP contribution < -0.4 is 5.32 Å². The van der Waals surface area contributed by atoms with Crippen molar-refractivity contribution in [3.8, 4) is 5.75 Å². The van der Waals surface area contributed by atoms with Crippen LogP contribution in [0, 0.1) is 0 Å². The predicted molar refractivity (Wildman–Crippen MR) is 166 cm³/mol. The fraction of sp³-hybridized carbons (Fsp3) is 0.281. The van der Waals surface area contributed by atoms with Crippen LogP contribution in [0.3, 0.4) is 0 Å². The zero-order chi connectivity index (χ0) is 32.1. The van der Waals surface area contributed by atoms with E-state index in [1.54, 1.807) is 52.4 Å². The number of benzene rings is 3. The first-order chi connectivity index (χ1) is 21.5. The normalized spacial score (nSPS) is 18.9. The molecule has 0 spiro atoms. The van der Waals surface area contributed by atoms with Gasteiger partial charge in [0.15, 0.2) is 0 Å². The number of fused-ring (bicyclic) bond motifs is 1. The summed E-state index contributed by atoms with van der Waals surface area (Å²) in [6.07, 6.45) is 0.561. The summed E-state index contributed by atoms with van der Waals surface area (Å²) in [4.78, 5) is 63.4. The Kier molecular flexibility index (Phi) is 9.69. The van der Waals surface area contributed by atoms with E-state index < -0.39 is 32.0 Å². The van der Waals surface area contributed by atoms with E-state index in [1.165, 1.54) is 22.0 Å². The molecule has 0 aromatic heterocycles. The van der Waals surface area contributed by atoms with Gasteiger partial charge in [-0.2, -0.15) is 0 Å². The number of hydrazine groups is 1. The molecule has 2 saturated heterocycles. The molecule has 2 unspecified atom stereocenters. The maximum absolute atomic E-state index is 14.1. The number of carbonyl (C=O) groups excluding carboxylic acids is 3. The Balaban J connectivity index is 1.47. The van der Waals surface area contributed by atoms with Gasteiger partial charge >= 0.3 is 13.6 Å². The predicted octanol–water partition coefficient (Wildman–Crippen LogP) is 2.81. The minimum Gasteiger partial charge on any atom is -0.508 e. The molecule has 0 saturated carbocycles. The van der Waals surface area contributed by atoms with Gasteiger partial charge in [-0.1, -0.05) is 72.8 Å². The van der Waals surface area contributed by atoms with Crippen molar-refractivity contribution in [1.82, 2.24) is 25.1 Å². The maximum atomic E-state index is 14.1. The maximum Gasteiger partial charge on any atom is 0.334 e. The van der Waals surface area contributed by atoms with Gasteiger partial charge in [-0.3, -0.25) is 14.2 Å². The molecule has 2 atom stereocenters. The fourth-order valence-electron chi connectivity index (χ4n) is 5.76. The lowest BCUT2D eigenvalue weighted by atomic mass is 9.98. The van der Waals surface area contributed by atoms with Crippen LogP contribution in [0.5, 0.6) is 5.75 Å². The molecule has 4 N–H and O–H groups in total. The number of hydrogen-bond donors (Lipinski definition) is 4. The van der Waals surface area contributed by atoms with Crippen LogP contribution in [-0.4, -0.2) is 84.4 Å². The SMILES string of the molecule is C=CCN1CC(=O)N2C(Cc3ccc(O)cc3)C(=O)N(Cc3ccc(CP(=O)(O)O)cc3)CC2N1C(=O)NCc1ccccc1. The van der Waals surface area contributed by atoms with Gasteiger partial charge in [0, 0.05) is 26.1 Å². The van der Waals surface area contributed by atoms with Gasteiger partial charge in [0.25, 0.3) is 0 Å². The van der Waals surface area contributed by atoms with Crippen LogP contribution >= 0.6 is 7.60 Å². The minimum absolute atomic E-state index is 0.0350. The van der Waals surface area contributed by atoms with E-state index in [2.05, 4.69) is 11.9 Å². The second-order valence-corrected chi connectivity index (χ2v) is 12.8. The third-order valence-corrected chi connectivity index (χ3v) is 8.59. The molecule has 3 aromatic rings. The van der Waals surface area contributed by atoms with Crippen molar-refractivity contribution < 1.29 is 33.8 Å². The molecule has 0 aliphatic carbocycles. The largest absolute Gasteiger partial charge is 0.508 e. The highest BCUT2D eigenvalue weighted by Gasteiger charge is 2.51. The number of urea groups is 1. The minimum atomic E-state index is -4.24. The molecule has 5 rings (SSSR count). The van der Waals surface area contributed by atoms with Crippen LogP contribution in [0.15, 0.2) is 91.5 Å². The molecule has 45 heavy (non-hydrogen) atoms. The first-order valence-electron chi connectivity index (χ1n) is 14.5. The summed E-state index contributed by atoms with van der Waals surface area (Å²) in [5.74, 6) is -0.521. The van der Waals surface area contributed by atoms with Crippen molar-refractivity contribution in [1.29, 1.82) is 0 Å². The molecule has 13 heteroatoms.